The maximum Gasteiger partial charge on any atom is 0.258 e. The van der Waals surface area contributed by atoms with Crippen molar-refractivity contribution >= 4 is 5.91 Å². The van der Waals surface area contributed by atoms with Crippen LogP contribution in [-0.2, 0) is 11.4 Å². The van der Waals surface area contributed by atoms with Crippen LogP contribution in [0.2, 0.25) is 0 Å². The summed E-state index contributed by atoms with van der Waals surface area (Å²) in [4.78, 5) is 11.6. The zero-order valence-corrected chi connectivity index (χ0v) is 11.3. The summed E-state index contributed by atoms with van der Waals surface area (Å²) in [6.45, 7) is 3.50. The molecule has 1 atom stereocenters. The number of rotatable bonds is 7. The summed E-state index contributed by atoms with van der Waals surface area (Å²) >= 11 is 0. The topological polar surface area (TPSA) is 58.6 Å². The smallest absolute Gasteiger partial charge is 0.258 e. The van der Waals surface area contributed by atoms with Crippen molar-refractivity contribution in [3.63, 3.8) is 0 Å². The average molecular weight is 269 g/mol. The third-order valence-corrected chi connectivity index (χ3v) is 2.68. The van der Waals surface area contributed by atoms with E-state index in [1.54, 1.807) is 0 Å². The van der Waals surface area contributed by atoms with Gasteiger partial charge in [0.25, 0.3) is 5.91 Å². The van der Waals surface area contributed by atoms with Crippen LogP contribution in [0.15, 0.2) is 18.2 Å². The molecule has 0 aliphatic rings. The van der Waals surface area contributed by atoms with Crippen LogP contribution in [-0.4, -0.2) is 23.7 Å². The molecule has 1 unspecified atom stereocenters. The third-order valence-electron chi connectivity index (χ3n) is 2.68. The van der Waals surface area contributed by atoms with E-state index in [2.05, 4.69) is 5.32 Å². The van der Waals surface area contributed by atoms with Crippen molar-refractivity contribution < 1.29 is 19.0 Å². The molecule has 0 aromatic heterocycles. The fourth-order valence-corrected chi connectivity index (χ4v) is 1.78. The fourth-order valence-electron chi connectivity index (χ4n) is 1.78. The van der Waals surface area contributed by atoms with Gasteiger partial charge in [0.15, 0.2) is 6.61 Å². The average Bonchev–Trinajstić information content (AvgIpc) is 2.37. The van der Waals surface area contributed by atoms with Crippen LogP contribution in [0.5, 0.6) is 5.75 Å². The molecular formula is C14H20FNO3. The predicted octanol–water partition coefficient (Wildman–Crippen LogP) is 2.00. The van der Waals surface area contributed by atoms with E-state index in [4.69, 9.17) is 9.84 Å². The van der Waals surface area contributed by atoms with E-state index in [1.165, 1.54) is 18.2 Å². The van der Waals surface area contributed by atoms with Crippen LogP contribution in [0.1, 0.15) is 32.3 Å². The number of carbonyl (C=O) groups excluding carboxylic acids is 1. The van der Waals surface area contributed by atoms with Crippen molar-refractivity contribution in [2.75, 3.05) is 6.61 Å². The first-order valence-corrected chi connectivity index (χ1v) is 6.38. The molecule has 4 nitrogen and oxygen atoms in total. The lowest BCUT2D eigenvalue weighted by Gasteiger charge is -2.14. The first-order chi connectivity index (χ1) is 9.06. The number of aliphatic hydroxyl groups is 1. The van der Waals surface area contributed by atoms with Crippen molar-refractivity contribution in [3.05, 3.63) is 29.6 Å². The minimum absolute atomic E-state index is 0.103. The standard InChI is InChI=1S/C14H20FNO3/c1-3-4-10(2)16-14(18)9-19-13-6-5-12(15)7-11(13)8-17/h5-7,10,17H,3-4,8-9H2,1-2H3,(H,16,18). The van der Waals surface area contributed by atoms with Gasteiger partial charge in [-0.25, -0.2) is 4.39 Å². The number of benzene rings is 1. The molecule has 0 aliphatic heterocycles. The predicted molar refractivity (Wildman–Crippen MR) is 70.3 cm³/mol. The number of halogens is 1. The van der Waals surface area contributed by atoms with Gasteiger partial charge in [-0.2, -0.15) is 0 Å². The van der Waals surface area contributed by atoms with Crippen LogP contribution in [0.25, 0.3) is 0 Å². The number of amides is 1. The third kappa shape index (κ3) is 5.26. The summed E-state index contributed by atoms with van der Waals surface area (Å²) in [6, 6.07) is 3.93. The zero-order valence-electron chi connectivity index (χ0n) is 11.3. The van der Waals surface area contributed by atoms with Crippen molar-refractivity contribution in [2.24, 2.45) is 0 Å². The highest BCUT2D eigenvalue weighted by atomic mass is 19.1. The van der Waals surface area contributed by atoms with E-state index in [9.17, 15) is 9.18 Å². The van der Waals surface area contributed by atoms with Crippen LogP contribution >= 0.6 is 0 Å². The highest BCUT2D eigenvalue weighted by molar-refractivity contribution is 5.77. The quantitative estimate of drug-likeness (QED) is 0.796. The molecular weight excluding hydrogens is 249 g/mol. The molecule has 106 valence electrons. The van der Waals surface area contributed by atoms with Gasteiger partial charge in [-0.05, 0) is 31.5 Å². The number of nitrogens with one attached hydrogen (secondary N) is 1. The fraction of sp³-hybridized carbons (Fsp3) is 0.500. The second kappa shape index (κ2) is 7.74. The van der Waals surface area contributed by atoms with Gasteiger partial charge in [0.05, 0.1) is 6.61 Å². The molecule has 0 saturated carbocycles. The normalized spacial score (nSPS) is 12.0. The molecule has 0 spiro atoms. The van der Waals surface area contributed by atoms with Gasteiger partial charge in [-0.3, -0.25) is 4.79 Å². The lowest BCUT2D eigenvalue weighted by atomic mass is 10.2. The van der Waals surface area contributed by atoms with E-state index < -0.39 is 5.82 Å². The summed E-state index contributed by atoms with van der Waals surface area (Å²) in [5.41, 5.74) is 0.328. The van der Waals surface area contributed by atoms with Gasteiger partial charge < -0.3 is 15.2 Å². The van der Waals surface area contributed by atoms with Crippen LogP contribution in [0, 0.1) is 5.82 Å². The Morgan fingerprint density at radius 1 is 1.53 bits per heavy atom. The Morgan fingerprint density at radius 3 is 2.89 bits per heavy atom. The number of ether oxygens (including phenoxy) is 1. The number of hydrogen-bond donors (Lipinski definition) is 2. The molecule has 1 aromatic rings. The Balaban J connectivity index is 2.50. The summed E-state index contributed by atoms with van der Waals surface area (Å²) in [7, 11) is 0. The van der Waals surface area contributed by atoms with Crippen molar-refractivity contribution in [1.82, 2.24) is 5.32 Å². The van der Waals surface area contributed by atoms with Gasteiger partial charge in [-0.1, -0.05) is 13.3 Å². The van der Waals surface area contributed by atoms with Gasteiger partial charge >= 0.3 is 0 Å². The SMILES string of the molecule is CCCC(C)NC(=O)COc1ccc(F)cc1CO. The molecule has 5 heteroatoms. The molecule has 2 N–H and O–H groups in total. The molecule has 0 heterocycles. The minimum atomic E-state index is -0.447. The summed E-state index contributed by atoms with van der Waals surface area (Å²) < 4.78 is 18.2. The van der Waals surface area contributed by atoms with E-state index >= 15 is 0 Å². The molecule has 1 aromatic carbocycles. The Hall–Kier alpha value is -1.62. The van der Waals surface area contributed by atoms with Gasteiger partial charge in [0.2, 0.25) is 0 Å². The first-order valence-electron chi connectivity index (χ1n) is 6.38. The molecule has 1 amide bonds. The number of aliphatic hydroxyl groups excluding tert-OH is 1. The van der Waals surface area contributed by atoms with Gasteiger partial charge in [-0.15, -0.1) is 0 Å². The zero-order chi connectivity index (χ0) is 14.3. The van der Waals surface area contributed by atoms with Gasteiger partial charge in [0, 0.05) is 11.6 Å². The summed E-state index contributed by atoms with van der Waals surface area (Å²) in [5.74, 6) is -0.353. The number of hydrogen-bond acceptors (Lipinski definition) is 3. The first kappa shape index (κ1) is 15.4. The van der Waals surface area contributed by atoms with Gasteiger partial charge in [0.1, 0.15) is 11.6 Å². The monoisotopic (exact) mass is 269 g/mol. The van der Waals surface area contributed by atoms with Crippen LogP contribution in [0.4, 0.5) is 4.39 Å². The Labute approximate surface area is 112 Å². The van der Waals surface area contributed by atoms with E-state index in [0.29, 0.717) is 11.3 Å². The highest BCUT2D eigenvalue weighted by Crippen LogP contribution is 2.19. The Morgan fingerprint density at radius 2 is 2.26 bits per heavy atom. The Bertz CT molecular complexity index is 423. The highest BCUT2D eigenvalue weighted by Gasteiger charge is 2.09. The molecule has 0 aliphatic carbocycles. The molecule has 0 radical (unpaired) electrons. The van der Waals surface area contributed by atoms with Crippen LogP contribution < -0.4 is 10.1 Å². The van der Waals surface area contributed by atoms with Crippen LogP contribution in [0.3, 0.4) is 0 Å². The summed E-state index contributed by atoms with van der Waals surface area (Å²) in [5, 5.41) is 11.9. The minimum Gasteiger partial charge on any atom is -0.483 e. The van der Waals surface area contributed by atoms with Crippen molar-refractivity contribution in [2.45, 2.75) is 39.3 Å². The maximum atomic E-state index is 12.9. The summed E-state index contributed by atoms with van der Waals surface area (Å²) in [6.07, 6.45) is 1.90. The lowest BCUT2D eigenvalue weighted by molar-refractivity contribution is -0.123. The Kier molecular flexibility index (Phi) is 6.29. The van der Waals surface area contributed by atoms with E-state index in [1.807, 2.05) is 13.8 Å². The van der Waals surface area contributed by atoms with E-state index in [-0.39, 0.29) is 25.2 Å². The molecule has 0 bridgehead atoms. The maximum absolute atomic E-state index is 12.9. The van der Waals surface area contributed by atoms with Crippen molar-refractivity contribution in [1.29, 1.82) is 0 Å². The molecule has 1 rings (SSSR count). The molecule has 0 fully saturated rings. The molecule has 0 saturated heterocycles. The number of carbonyl (C=O) groups is 1. The van der Waals surface area contributed by atoms with Crippen molar-refractivity contribution in [3.8, 4) is 5.75 Å². The second-order valence-corrected chi connectivity index (χ2v) is 4.46. The largest absolute Gasteiger partial charge is 0.483 e. The molecule has 19 heavy (non-hydrogen) atoms. The second-order valence-electron chi connectivity index (χ2n) is 4.46. The lowest BCUT2D eigenvalue weighted by Crippen LogP contribution is -2.36. The van der Waals surface area contributed by atoms with E-state index in [0.717, 1.165) is 12.8 Å².